The normalized spacial score (nSPS) is 24.4. The summed E-state index contributed by atoms with van der Waals surface area (Å²) in [6, 6.07) is 1.17. The third kappa shape index (κ3) is 13.9. The van der Waals surface area contributed by atoms with Gasteiger partial charge in [0.05, 0.1) is 14.4 Å². The second-order valence-electron chi connectivity index (χ2n) is 5.97. The van der Waals surface area contributed by atoms with Gasteiger partial charge in [0.2, 0.25) is 0 Å². The van der Waals surface area contributed by atoms with E-state index in [1.807, 2.05) is 0 Å². The molecule has 1 aromatic heterocycles. The summed E-state index contributed by atoms with van der Waals surface area (Å²) in [6.07, 6.45) is -5.49. The summed E-state index contributed by atoms with van der Waals surface area (Å²) in [5, 5.41) is 10.3. The number of carbonyl (C=O) groups excluding carboxylic acids is 1. The van der Waals surface area contributed by atoms with E-state index in [2.05, 4.69) is 18.1 Å². The van der Waals surface area contributed by atoms with Crippen LogP contribution in [0.25, 0.3) is 0 Å². The maximum Gasteiger partial charge on any atom is 1.00 e. The molecule has 2 heterocycles. The largest absolute Gasteiger partial charge is 1.00 e. The number of aliphatic hydroxyl groups is 1. The van der Waals surface area contributed by atoms with Crippen LogP contribution in [-0.4, -0.2) is 45.5 Å². The molecule has 0 amide bonds. The van der Waals surface area contributed by atoms with Gasteiger partial charge in [-0.05, 0) is 6.07 Å². The van der Waals surface area contributed by atoms with Gasteiger partial charge in [0, 0.05) is 13.1 Å². The zero-order valence-electron chi connectivity index (χ0n) is 19.6. The van der Waals surface area contributed by atoms with E-state index >= 15 is 0 Å². The minimum atomic E-state index is -6.19. The van der Waals surface area contributed by atoms with Crippen molar-refractivity contribution in [3.8, 4) is 0 Å². The number of nitrogen functional groups attached to an aromatic ring is 1. The van der Waals surface area contributed by atoms with Crippen LogP contribution < -0.4 is 149 Å². The van der Waals surface area contributed by atoms with Gasteiger partial charge in [-0.25, -0.2) is 9.11 Å². The van der Waals surface area contributed by atoms with Crippen LogP contribution >= 0.6 is 23.5 Å². The second kappa shape index (κ2) is 17.4. The maximum absolute atomic E-state index is 12.0. The zero-order valence-corrected chi connectivity index (χ0v) is 30.3. The molecule has 1 aliphatic rings. The standard InChI is InChI=1S/C11H18N3O15P3.4Na/c1-5(15)26-9-8(16)6(27-10(9)14-3-2-7(12)13-11(14)17)4-25-31(21,22)29-32(23,24)28-30(18,19)20;;;;/h2-3,6,8-10,16H,4H2,1H3,(H,21,22)(H,23,24)(H2,12,13,17)(H2,18,19,20);;;;/q;4*+1/p-4/t6-,8-,9-,10-;;;;/m1..../s1. The molecule has 2 unspecified atom stereocenters. The molecule has 36 heavy (non-hydrogen) atoms. The number of nitrogens with zero attached hydrogens (tertiary/aromatic N) is 2. The SMILES string of the molecule is CC(=O)O[C@@H]1[C@H](O)[C@@H](COP(=O)([O-])OP(=O)([O-])OP(=O)([O-])[O-])O[C@H]1n1ccc(N)nc1=O.[Na+].[Na+].[Na+].[Na+]. The van der Waals surface area contributed by atoms with Crippen molar-refractivity contribution >= 4 is 35.3 Å². The van der Waals surface area contributed by atoms with Gasteiger partial charge in [-0.15, -0.1) is 0 Å². The Balaban J connectivity index is -0.00000272. The number of phosphoric acid groups is 3. The predicted octanol–water partition coefficient (Wildman–Crippen LogP) is -16.2. The van der Waals surface area contributed by atoms with E-state index in [-0.39, 0.29) is 124 Å². The van der Waals surface area contributed by atoms with Crippen LogP contribution in [0.15, 0.2) is 17.1 Å². The fourth-order valence-electron chi connectivity index (χ4n) is 2.47. The summed E-state index contributed by atoms with van der Waals surface area (Å²) >= 11 is 0. The van der Waals surface area contributed by atoms with Crippen molar-refractivity contribution in [1.29, 1.82) is 0 Å². The average molecular weight is 613 g/mol. The van der Waals surface area contributed by atoms with Crippen LogP contribution in [0.3, 0.4) is 0 Å². The first-order valence-electron chi connectivity index (χ1n) is 8.06. The molecular formula is C11H14N3Na4O15P3. The van der Waals surface area contributed by atoms with E-state index < -0.39 is 66.3 Å². The molecule has 3 N–H and O–H groups in total. The fourth-order valence-corrected chi connectivity index (χ4v) is 5.33. The zero-order chi connectivity index (χ0) is 24.5. The summed E-state index contributed by atoms with van der Waals surface area (Å²) in [6.45, 7) is -0.201. The Morgan fingerprint density at radius 1 is 1.14 bits per heavy atom. The molecule has 18 nitrogen and oxygen atoms in total. The van der Waals surface area contributed by atoms with Crippen molar-refractivity contribution < 1.29 is 184 Å². The van der Waals surface area contributed by atoms with Crippen LogP contribution in [-0.2, 0) is 41.1 Å². The Labute approximate surface area is 291 Å². The molecule has 2 rings (SSSR count). The number of ether oxygens (including phenoxy) is 2. The van der Waals surface area contributed by atoms with Gasteiger partial charge in [-0.2, -0.15) is 4.98 Å². The third-order valence-electron chi connectivity index (χ3n) is 3.54. The number of phosphoric ester groups is 1. The summed E-state index contributed by atoms with van der Waals surface area (Å²) in [5.74, 6) is -1.08. The fraction of sp³-hybridized carbons (Fsp3) is 0.545. The number of esters is 1. The Morgan fingerprint density at radius 3 is 2.17 bits per heavy atom. The van der Waals surface area contributed by atoms with Crippen LogP contribution in [0, 0.1) is 0 Å². The molecule has 6 atom stereocenters. The Morgan fingerprint density at radius 2 is 1.69 bits per heavy atom. The number of aliphatic hydroxyl groups excluding tert-OH is 1. The van der Waals surface area contributed by atoms with Gasteiger partial charge in [0.25, 0.3) is 15.6 Å². The molecule has 0 radical (unpaired) electrons. The van der Waals surface area contributed by atoms with Gasteiger partial charge >= 0.3 is 130 Å². The third-order valence-corrected chi connectivity index (χ3v) is 7.20. The van der Waals surface area contributed by atoms with Crippen LogP contribution in [0.4, 0.5) is 5.82 Å². The number of nitrogens with two attached hydrogens (primary N) is 1. The number of anilines is 1. The molecular weight excluding hydrogens is 599 g/mol. The van der Waals surface area contributed by atoms with E-state index in [0.29, 0.717) is 0 Å². The monoisotopic (exact) mass is 613 g/mol. The number of aromatic nitrogens is 2. The Hall–Kier alpha value is 2.48. The predicted molar refractivity (Wildman–Crippen MR) is 89.3 cm³/mol. The molecule has 0 aromatic carbocycles. The van der Waals surface area contributed by atoms with Crippen molar-refractivity contribution in [2.45, 2.75) is 31.5 Å². The first-order valence-corrected chi connectivity index (χ1v) is 12.4. The van der Waals surface area contributed by atoms with Gasteiger partial charge in [0.1, 0.15) is 18.0 Å². The molecule has 0 saturated carbocycles. The molecule has 0 aliphatic carbocycles. The number of hydrogen-bond acceptors (Lipinski definition) is 17. The smallest absolute Gasteiger partial charge is 0.790 e. The second-order valence-corrected chi connectivity index (χ2v) is 10.2. The first kappa shape index (κ1) is 42.9. The Kier molecular flexibility index (Phi) is 20.8. The molecule has 25 heteroatoms. The van der Waals surface area contributed by atoms with Gasteiger partial charge in [0.15, 0.2) is 12.3 Å². The van der Waals surface area contributed by atoms with E-state index in [0.717, 1.165) is 17.7 Å². The van der Waals surface area contributed by atoms with Crippen molar-refractivity contribution in [2.75, 3.05) is 12.3 Å². The number of hydrogen-bond donors (Lipinski definition) is 2. The summed E-state index contributed by atoms with van der Waals surface area (Å²) < 4.78 is 54.7. The summed E-state index contributed by atoms with van der Waals surface area (Å²) in [7, 11) is -18.2. The summed E-state index contributed by atoms with van der Waals surface area (Å²) in [4.78, 5) is 70.2. The summed E-state index contributed by atoms with van der Waals surface area (Å²) in [5.41, 5.74) is 4.38. The molecule has 1 fully saturated rings. The quantitative estimate of drug-likeness (QED) is 0.148. The van der Waals surface area contributed by atoms with E-state index in [1.165, 1.54) is 6.07 Å². The Bertz CT molecular complexity index is 1070. The van der Waals surface area contributed by atoms with Gasteiger partial charge < -0.3 is 49.0 Å². The van der Waals surface area contributed by atoms with Crippen LogP contribution in [0.2, 0.25) is 0 Å². The molecule has 1 aromatic rings. The van der Waals surface area contributed by atoms with E-state index in [9.17, 15) is 48.0 Å². The van der Waals surface area contributed by atoms with Crippen LogP contribution in [0.1, 0.15) is 13.2 Å². The molecule has 0 bridgehead atoms. The van der Waals surface area contributed by atoms with E-state index in [1.54, 1.807) is 0 Å². The molecule has 0 spiro atoms. The molecule has 1 saturated heterocycles. The maximum atomic E-state index is 12.0. The van der Waals surface area contributed by atoms with Crippen LogP contribution in [0.5, 0.6) is 0 Å². The van der Waals surface area contributed by atoms with Crippen molar-refractivity contribution in [3.63, 3.8) is 0 Å². The topological polar surface area (TPSA) is 288 Å². The van der Waals surface area contributed by atoms with Gasteiger partial charge in [-0.1, -0.05) is 0 Å². The van der Waals surface area contributed by atoms with Crippen molar-refractivity contribution in [3.05, 3.63) is 22.7 Å². The molecule has 1 aliphatic heterocycles. The number of rotatable bonds is 9. The van der Waals surface area contributed by atoms with Crippen molar-refractivity contribution in [2.24, 2.45) is 0 Å². The molecule has 182 valence electrons. The van der Waals surface area contributed by atoms with E-state index in [4.69, 9.17) is 15.2 Å². The number of carbonyl (C=O) groups is 1. The average Bonchev–Trinajstić information content (AvgIpc) is 2.85. The minimum absolute atomic E-state index is 0. The van der Waals surface area contributed by atoms with Crippen molar-refractivity contribution in [1.82, 2.24) is 9.55 Å². The first-order chi connectivity index (χ1) is 14.5. The minimum Gasteiger partial charge on any atom is -0.790 e. The van der Waals surface area contributed by atoms with Gasteiger partial charge in [-0.3, -0.25) is 22.8 Å².